The van der Waals surface area contributed by atoms with Gasteiger partial charge < -0.3 is 10.1 Å². The fourth-order valence-electron chi connectivity index (χ4n) is 1.79. The Bertz CT molecular complexity index is 715. The lowest BCUT2D eigenvalue weighted by Gasteiger charge is -2.21. The van der Waals surface area contributed by atoms with Gasteiger partial charge in [-0.2, -0.15) is 8.42 Å². The number of aromatic nitrogens is 1. The largest absolute Gasteiger partial charge is 0.456 e. The van der Waals surface area contributed by atoms with Crippen molar-refractivity contribution in [1.29, 1.82) is 0 Å². The van der Waals surface area contributed by atoms with Gasteiger partial charge in [0, 0.05) is 24.2 Å². The fourth-order valence-corrected chi connectivity index (χ4v) is 3.12. The number of esters is 1. The summed E-state index contributed by atoms with van der Waals surface area (Å²) >= 11 is 5.76. The molecule has 0 saturated heterocycles. The third-order valence-electron chi connectivity index (χ3n) is 2.57. The Morgan fingerprint density at radius 1 is 1.38 bits per heavy atom. The molecule has 0 aliphatic rings. The number of ether oxygens (including phenoxy) is 1. The molecule has 0 fully saturated rings. The molecule has 0 aliphatic carbocycles. The van der Waals surface area contributed by atoms with Gasteiger partial charge in [0.1, 0.15) is 6.10 Å². The van der Waals surface area contributed by atoms with E-state index >= 15 is 0 Å². The highest BCUT2D eigenvalue weighted by Crippen LogP contribution is 2.24. The van der Waals surface area contributed by atoms with E-state index in [-0.39, 0.29) is 11.4 Å². The summed E-state index contributed by atoms with van der Waals surface area (Å²) in [6.07, 6.45) is 0.244. The van der Waals surface area contributed by atoms with Crippen LogP contribution < -0.4 is 10.0 Å². The molecule has 0 aromatic carbocycles. The van der Waals surface area contributed by atoms with E-state index in [9.17, 15) is 18.0 Å². The monoisotopic (exact) mass is 377 g/mol. The lowest BCUT2D eigenvalue weighted by Crippen LogP contribution is -2.48. The summed E-state index contributed by atoms with van der Waals surface area (Å²) in [6, 6.07) is 2.00. The van der Waals surface area contributed by atoms with Crippen molar-refractivity contribution in [2.45, 2.75) is 44.4 Å². The average Bonchev–Trinajstić information content (AvgIpc) is 2.41. The van der Waals surface area contributed by atoms with Gasteiger partial charge in [-0.1, -0.05) is 6.07 Å². The normalized spacial score (nSPS) is 13.0. The van der Waals surface area contributed by atoms with Gasteiger partial charge in [-0.05, 0) is 26.8 Å². The Hall–Kier alpha value is -1.87. The first kappa shape index (κ1) is 20.2. The molecule has 1 heterocycles. The van der Waals surface area contributed by atoms with Crippen LogP contribution in [0.2, 0.25) is 0 Å². The minimum atomic E-state index is -4.28. The smallest absolute Gasteiger partial charge is 0.329 e. The number of amides is 2. The van der Waals surface area contributed by atoms with Crippen LogP contribution in [0.25, 0.3) is 0 Å². The molecule has 1 aromatic rings. The van der Waals surface area contributed by atoms with Gasteiger partial charge in [0.2, 0.25) is 0 Å². The molecular weight excluding hydrogens is 358 g/mol. The van der Waals surface area contributed by atoms with Crippen LogP contribution in [0.1, 0.15) is 39.4 Å². The van der Waals surface area contributed by atoms with Crippen molar-refractivity contribution in [3.63, 3.8) is 0 Å². The Morgan fingerprint density at radius 2 is 2.00 bits per heavy atom. The van der Waals surface area contributed by atoms with Gasteiger partial charge >= 0.3 is 12.0 Å². The zero-order valence-electron chi connectivity index (χ0n) is 13.8. The number of nitrogens with zero attached hydrogens (tertiary/aromatic N) is 1. The first-order valence-corrected chi connectivity index (χ1v) is 9.01. The number of alkyl halides is 1. The summed E-state index contributed by atoms with van der Waals surface area (Å²) in [5.74, 6) is -0.784. The molecule has 2 amide bonds. The van der Waals surface area contributed by atoms with Crippen molar-refractivity contribution in [2.24, 2.45) is 0 Å². The average molecular weight is 378 g/mol. The summed E-state index contributed by atoms with van der Waals surface area (Å²) in [5, 5.41) is 2.04. The van der Waals surface area contributed by atoms with Gasteiger partial charge in [-0.3, -0.25) is 4.79 Å². The van der Waals surface area contributed by atoms with Gasteiger partial charge in [0.15, 0.2) is 5.03 Å². The first-order valence-electron chi connectivity index (χ1n) is 6.99. The molecule has 0 bridgehead atoms. The molecular formula is C14H20ClN3O5S. The van der Waals surface area contributed by atoms with E-state index in [4.69, 9.17) is 16.3 Å². The zero-order chi connectivity index (χ0) is 18.5. The molecule has 2 N–H and O–H groups in total. The molecule has 1 atom stereocenters. The van der Waals surface area contributed by atoms with Crippen LogP contribution in [0.4, 0.5) is 4.79 Å². The molecule has 0 radical (unpaired) electrons. The topological polar surface area (TPSA) is 114 Å². The summed E-state index contributed by atoms with van der Waals surface area (Å²) in [7, 11) is -4.28. The number of urea groups is 1. The Labute approximate surface area is 146 Å². The van der Waals surface area contributed by atoms with Crippen molar-refractivity contribution in [3.05, 3.63) is 23.9 Å². The van der Waals surface area contributed by atoms with E-state index < -0.39 is 38.7 Å². The van der Waals surface area contributed by atoms with Gasteiger partial charge in [-0.15, -0.1) is 11.6 Å². The molecule has 24 heavy (non-hydrogen) atoms. The Morgan fingerprint density at radius 3 is 2.50 bits per heavy atom. The number of rotatable bonds is 5. The maximum atomic E-state index is 12.4. The molecule has 0 spiro atoms. The van der Waals surface area contributed by atoms with Crippen LogP contribution >= 0.6 is 11.6 Å². The molecule has 0 saturated carbocycles. The second-order valence-corrected chi connectivity index (χ2v) is 7.87. The Balaban J connectivity index is 3.16. The minimum Gasteiger partial charge on any atom is -0.456 e. The van der Waals surface area contributed by atoms with E-state index in [0.717, 1.165) is 0 Å². The predicted molar refractivity (Wildman–Crippen MR) is 88.1 cm³/mol. The first-order chi connectivity index (χ1) is 11.0. The maximum absolute atomic E-state index is 12.4. The number of hydrogen-bond acceptors (Lipinski definition) is 6. The van der Waals surface area contributed by atoms with Gasteiger partial charge in [-0.25, -0.2) is 14.5 Å². The summed E-state index contributed by atoms with van der Waals surface area (Å²) in [6.45, 7) is 6.29. The highest BCUT2D eigenvalue weighted by atomic mass is 35.5. The summed E-state index contributed by atoms with van der Waals surface area (Å²) in [4.78, 5) is 26.8. The summed E-state index contributed by atoms with van der Waals surface area (Å²) in [5.41, 5.74) is -0.540. The van der Waals surface area contributed by atoms with Crippen LogP contribution in [-0.2, 0) is 19.6 Å². The van der Waals surface area contributed by atoms with Gasteiger partial charge in [0.05, 0.1) is 5.88 Å². The fraction of sp³-hybridized carbons (Fsp3) is 0.500. The number of sulfonamides is 1. The highest BCUT2D eigenvalue weighted by molar-refractivity contribution is 7.90. The van der Waals surface area contributed by atoms with E-state index in [0.29, 0.717) is 0 Å². The standard InChI is InChI=1S/C14H20ClN3O5S/c1-9(19)23-11(8-15)10-6-5-7-16-12(10)24(21,22)18-13(20)17-14(2,3)4/h5-7,11H,8H2,1-4H3,(H2,17,18,20). The van der Waals surface area contributed by atoms with E-state index in [1.54, 1.807) is 20.8 Å². The molecule has 1 rings (SSSR count). The molecule has 1 aromatic heterocycles. The van der Waals surface area contributed by atoms with Crippen molar-refractivity contribution in [3.8, 4) is 0 Å². The van der Waals surface area contributed by atoms with Crippen molar-refractivity contribution in [1.82, 2.24) is 15.0 Å². The maximum Gasteiger partial charge on any atom is 0.329 e. The zero-order valence-corrected chi connectivity index (χ0v) is 15.4. The molecule has 8 nitrogen and oxygen atoms in total. The molecule has 10 heteroatoms. The number of halogens is 1. The molecule has 134 valence electrons. The predicted octanol–water partition coefficient (Wildman–Crippen LogP) is 1.71. The third-order valence-corrected chi connectivity index (χ3v) is 4.15. The van der Waals surface area contributed by atoms with Crippen LogP contribution in [0.5, 0.6) is 0 Å². The van der Waals surface area contributed by atoms with Gasteiger partial charge in [0.25, 0.3) is 10.0 Å². The van der Waals surface area contributed by atoms with Crippen molar-refractivity contribution < 1.29 is 22.7 Å². The lowest BCUT2D eigenvalue weighted by molar-refractivity contribution is -0.145. The van der Waals surface area contributed by atoms with Crippen LogP contribution in [-0.4, -0.2) is 36.8 Å². The molecule has 0 aliphatic heterocycles. The molecule has 1 unspecified atom stereocenters. The number of pyridine rings is 1. The number of carbonyl (C=O) groups excluding carboxylic acids is 2. The quantitative estimate of drug-likeness (QED) is 0.596. The van der Waals surface area contributed by atoms with Crippen molar-refractivity contribution >= 4 is 33.6 Å². The van der Waals surface area contributed by atoms with Crippen LogP contribution in [0.15, 0.2) is 23.4 Å². The van der Waals surface area contributed by atoms with E-state index in [2.05, 4.69) is 10.3 Å². The number of nitrogens with one attached hydrogen (secondary N) is 2. The second kappa shape index (κ2) is 7.80. The number of carbonyl (C=O) groups is 2. The van der Waals surface area contributed by atoms with E-state index in [1.807, 2.05) is 4.72 Å². The van der Waals surface area contributed by atoms with Crippen LogP contribution in [0, 0.1) is 0 Å². The van der Waals surface area contributed by atoms with Crippen LogP contribution in [0.3, 0.4) is 0 Å². The van der Waals surface area contributed by atoms with Crippen molar-refractivity contribution in [2.75, 3.05) is 5.88 Å². The second-order valence-electron chi connectivity index (χ2n) is 5.96. The lowest BCUT2D eigenvalue weighted by atomic mass is 10.1. The minimum absolute atomic E-state index is 0.0822. The SMILES string of the molecule is CC(=O)OC(CCl)c1cccnc1S(=O)(=O)NC(=O)NC(C)(C)C. The Kier molecular flexibility index (Phi) is 6.56. The number of hydrogen-bond donors (Lipinski definition) is 2. The third kappa shape index (κ3) is 5.97. The van der Waals surface area contributed by atoms with E-state index in [1.165, 1.54) is 25.3 Å². The highest BCUT2D eigenvalue weighted by Gasteiger charge is 2.28. The summed E-state index contributed by atoms with van der Waals surface area (Å²) < 4.78 is 31.8.